The lowest BCUT2D eigenvalue weighted by atomic mass is 9.78. The summed E-state index contributed by atoms with van der Waals surface area (Å²) in [6, 6.07) is 1.89. The highest BCUT2D eigenvalue weighted by Crippen LogP contribution is 2.46. The van der Waals surface area contributed by atoms with E-state index in [-0.39, 0.29) is 55.9 Å². The van der Waals surface area contributed by atoms with Crippen molar-refractivity contribution >= 4 is 50.3 Å². The Hall–Kier alpha value is -5.08. The Bertz CT molecular complexity index is 2480. The van der Waals surface area contributed by atoms with Gasteiger partial charge in [0.1, 0.15) is 22.5 Å². The molecule has 0 fully saturated rings. The fourth-order valence-electron chi connectivity index (χ4n) is 8.71. The van der Waals surface area contributed by atoms with E-state index in [0.717, 1.165) is 16.7 Å². The Morgan fingerprint density at radius 2 is 1.57 bits per heavy atom. The molecule has 0 radical (unpaired) electrons. The highest BCUT2D eigenvalue weighted by atomic mass is 16.7. The molecule has 4 aromatic rings. The molecule has 0 spiro atoms. The maximum absolute atomic E-state index is 14.5. The minimum Gasteiger partial charge on any atom is -0.505 e. The maximum Gasteiger partial charge on any atom is 0.251 e. The van der Waals surface area contributed by atoms with Gasteiger partial charge in [0.05, 0.1) is 41.6 Å². The Morgan fingerprint density at radius 1 is 0.934 bits per heavy atom. The molecule has 1 aromatic heterocycles. The summed E-state index contributed by atoms with van der Waals surface area (Å²) in [5.41, 5.74) is 3.10. The summed E-state index contributed by atoms with van der Waals surface area (Å²) in [4.78, 5) is 47.3. The SMILES string of the molecule is CCc1c(C(C)C)c(C)cc2nc3c(oc12)c1c(O)c2c(=O)c(C)c(c(C(C)=O)c23)O[C@H](C)O/C=C/[C@H](OC)[C@@H](C)[C@@H](O)[C@H](C)[C@H](O)[C@H](C)[C@@H](O)[C@@H](C)/C=C/C=C(/C)C(=O)N1. The quantitative estimate of drug-likeness (QED) is 0.0574. The topological polar surface area (TPSA) is 198 Å². The summed E-state index contributed by atoms with van der Waals surface area (Å²) >= 11 is 0. The van der Waals surface area contributed by atoms with E-state index in [9.17, 15) is 34.8 Å². The highest BCUT2D eigenvalue weighted by Gasteiger charge is 2.37. The molecule has 3 aromatic carbocycles. The molecule has 0 saturated carbocycles. The van der Waals surface area contributed by atoms with Gasteiger partial charge in [0.25, 0.3) is 5.91 Å². The van der Waals surface area contributed by atoms with Crippen molar-refractivity contribution in [3.8, 4) is 11.5 Å². The van der Waals surface area contributed by atoms with Gasteiger partial charge in [-0.15, -0.1) is 0 Å². The molecule has 0 unspecified atom stereocenters. The van der Waals surface area contributed by atoms with E-state index < -0.39 is 77.2 Å². The number of Topliss-reactive ketones (excluding diaryl/α,β-unsaturated/α-hetero) is 1. The number of aryl methyl sites for hydroxylation is 2. The van der Waals surface area contributed by atoms with Crippen molar-refractivity contribution in [3.05, 3.63) is 80.2 Å². The number of aromatic nitrogens is 1. The monoisotopic (exact) mass is 842 g/mol. The smallest absolute Gasteiger partial charge is 0.251 e. The Balaban J connectivity index is 1.84. The fourth-order valence-corrected chi connectivity index (χ4v) is 8.71. The van der Waals surface area contributed by atoms with Crippen LogP contribution in [0.25, 0.3) is 33.0 Å². The summed E-state index contributed by atoms with van der Waals surface area (Å²) in [6.07, 6.45) is 3.46. The number of carbonyl (C=O) groups is 2. The normalized spacial score (nSPS) is 28.0. The summed E-state index contributed by atoms with van der Waals surface area (Å²) < 4.78 is 24.5. The lowest BCUT2D eigenvalue weighted by Gasteiger charge is -2.36. The van der Waals surface area contributed by atoms with Crippen LogP contribution < -0.4 is 15.5 Å². The number of aromatic hydroxyl groups is 1. The number of nitrogens with zero attached hydrogens (tertiary/aromatic N) is 1. The molecule has 61 heavy (non-hydrogen) atoms. The number of carbonyl (C=O) groups excluding carboxylic acids is 2. The second-order valence-electron chi connectivity index (χ2n) is 17.0. The molecule has 1 amide bonds. The fraction of sp³-hybridized carbons (Fsp3) is 0.500. The molecular formula is C48H62N2O11. The molecular weight excluding hydrogens is 781 g/mol. The molecule has 0 aliphatic carbocycles. The standard InChI is InChI=1S/C48H62N2O11/c1-14-31-34(21(2)3)24(6)20-32-46(31)61-47-38(49-32)36-35(29(11)51)45-28(10)43(55)37(36)44(56)39(47)50-48(57)23(5)17-15-16-22(4)40(52)26(8)42(54)27(9)41(53)25(7)33(58-13)18-19-59-30(12)60-45/h15-22,25-27,30,33,40-42,52-54,56H,14H2,1-13H3,(H,50,57)/b16-15+,19-18+,23-17-/t22-,25+,26+,27-,30+,33-,40-,41+,42+/m0/s1. The molecule has 2 aliphatic rings. The lowest BCUT2D eigenvalue weighted by Crippen LogP contribution is -2.44. The molecule has 2 aliphatic heterocycles. The van der Waals surface area contributed by atoms with Gasteiger partial charge in [0.15, 0.2) is 28.1 Å². The summed E-state index contributed by atoms with van der Waals surface area (Å²) in [5.74, 6) is -4.01. The number of hydrogen-bond acceptors (Lipinski definition) is 12. The number of nitrogens with one attached hydrogen (secondary N) is 1. The highest BCUT2D eigenvalue weighted by molar-refractivity contribution is 6.24. The predicted molar refractivity (Wildman–Crippen MR) is 237 cm³/mol. The zero-order valence-corrected chi connectivity index (χ0v) is 37.5. The van der Waals surface area contributed by atoms with E-state index in [4.69, 9.17) is 23.6 Å². The van der Waals surface area contributed by atoms with Crippen LogP contribution in [0.4, 0.5) is 5.69 Å². The number of phenols is 1. The van der Waals surface area contributed by atoms with Crippen LogP contribution in [-0.2, 0) is 20.7 Å². The Kier molecular flexibility index (Phi) is 14.6. The van der Waals surface area contributed by atoms with Crippen LogP contribution in [0.2, 0.25) is 0 Å². The van der Waals surface area contributed by atoms with Gasteiger partial charge >= 0.3 is 0 Å². The minimum atomic E-state index is -1.09. The predicted octanol–water partition coefficient (Wildman–Crippen LogP) is 8.06. The van der Waals surface area contributed by atoms with Crippen molar-refractivity contribution in [2.75, 3.05) is 12.4 Å². The van der Waals surface area contributed by atoms with E-state index in [0.29, 0.717) is 17.5 Å². The van der Waals surface area contributed by atoms with Crippen LogP contribution in [0.1, 0.15) is 108 Å². The summed E-state index contributed by atoms with van der Waals surface area (Å²) in [7, 11) is 1.48. The van der Waals surface area contributed by atoms with Crippen LogP contribution in [0.15, 0.2) is 51.4 Å². The second-order valence-corrected chi connectivity index (χ2v) is 17.0. The van der Waals surface area contributed by atoms with E-state index in [1.54, 1.807) is 59.8 Å². The molecule has 0 saturated heterocycles. The van der Waals surface area contributed by atoms with Crippen LogP contribution in [0.5, 0.6) is 11.5 Å². The number of rotatable bonds is 4. The van der Waals surface area contributed by atoms with Gasteiger partial charge in [0, 0.05) is 59.8 Å². The first-order valence-electron chi connectivity index (χ1n) is 21.0. The number of ether oxygens (including phenoxy) is 3. The lowest BCUT2D eigenvalue weighted by molar-refractivity contribution is -0.112. The molecule has 13 heteroatoms. The summed E-state index contributed by atoms with van der Waals surface area (Å²) in [6.45, 7) is 21.0. The Labute approximate surface area is 357 Å². The van der Waals surface area contributed by atoms with E-state index in [1.807, 2.05) is 19.9 Å². The number of aliphatic hydroxyl groups excluding tert-OH is 3. The largest absolute Gasteiger partial charge is 0.505 e. The van der Waals surface area contributed by atoms with Crippen LogP contribution >= 0.6 is 0 Å². The molecule has 4 bridgehead atoms. The number of allylic oxidation sites excluding steroid dienone is 2. The average molecular weight is 843 g/mol. The number of benzene rings is 3. The van der Waals surface area contributed by atoms with Crippen molar-refractivity contribution in [3.63, 3.8) is 0 Å². The van der Waals surface area contributed by atoms with E-state index in [2.05, 4.69) is 19.2 Å². The van der Waals surface area contributed by atoms with Crippen LogP contribution in [-0.4, -0.2) is 74.9 Å². The van der Waals surface area contributed by atoms with Crippen LogP contribution in [0.3, 0.4) is 0 Å². The number of phenolic OH excluding ortho intramolecular Hbond substituents is 1. The average Bonchev–Trinajstić information content (AvgIpc) is 3.21. The number of methoxy groups -OCH3 is 1. The van der Waals surface area contributed by atoms with Crippen LogP contribution in [0, 0.1) is 37.5 Å². The zero-order chi connectivity index (χ0) is 45.4. The number of amides is 1. The maximum atomic E-state index is 14.5. The first-order chi connectivity index (χ1) is 28.7. The molecule has 13 nitrogen and oxygen atoms in total. The van der Waals surface area contributed by atoms with Gasteiger partial charge in [-0.05, 0) is 63.3 Å². The van der Waals surface area contributed by atoms with Gasteiger partial charge in [-0.3, -0.25) is 14.4 Å². The second kappa shape index (κ2) is 18.9. The first-order valence-corrected chi connectivity index (χ1v) is 21.0. The number of aliphatic hydroxyl groups is 3. The van der Waals surface area contributed by atoms with Crippen molar-refractivity contribution in [2.45, 2.75) is 126 Å². The van der Waals surface area contributed by atoms with Gasteiger partial charge < -0.3 is 44.4 Å². The van der Waals surface area contributed by atoms with Gasteiger partial charge in [-0.2, -0.15) is 0 Å². The third kappa shape index (κ3) is 8.97. The molecule has 5 N–H and O–H groups in total. The van der Waals surface area contributed by atoms with E-state index in [1.165, 1.54) is 33.3 Å². The van der Waals surface area contributed by atoms with Crippen molar-refractivity contribution in [1.82, 2.24) is 4.98 Å². The third-order valence-corrected chi connectivity index (χ3v) is 12.3. The number of anilines is 1. The van der Waals surface area contributed by atoms with Crippen molar-refractivity contribution in [1.29, 1.82) is 0 Å². The van der Waals surface area contributed by atoms with Crippen molar-refractivity contribution in [2.24, 2.45) is 23.7 Å². The third-order valence-electron chi connectivity index (χ3n) is 12.3. The summed E-state index contributed by atoms with van der Waals surface area (Å²) in [5, 5.41) is 48.6. The van der Waals surface area contributed by atoms with Gasteiger partial charge in [-0.25, -0.2) is 4.98 Å². The van der Waals surface area contributed by atoms with Gasteiger partial charge in [-0.1, -0.05) is 66.7 Å². The number of hydrogen-bond donors (Lipinski definition) is 5. The molecule has 6 rings (SSSR count). The molecule has 3 heterocycles. The Morgan fingerprint density at radius 3 is 2.18 bits per heavy atom. The number of fused-ring (bicyclic) bond motifs is 18. The minimum absolute atomic E-state index is 0.00352. The number of ketones is 1. The zero-order valence-electron chi connectivity index (χ0n) is 37.5. The molecule has 9 atom stereocenters. The first kappa shape index (κ1) is 47.0. The van der Waals surface area contributed by atoms with Crippen molar-refractivity contribution < 1.29 is 48.6 Å². The van der Waals surface area contributed by atoms with Gasteiger partial charge in [0.2, 0.25) is 6.29 Å². The van der Waals surface area contributed by atoms with E-state index >= 15 is 0 Å². The molecule has 330 valence electrons.